The first-order valence-corrected chi connectivity index (χ1v) is 7.02. The molecule has 0 fully saturated rings. The number of rotatable bonds is 6. The molecule has 0 heterocycles. The summed E-state index contributed by atoms with van der Waals surface area (Å²) in [6.07, 6.45) is 0.846. The molecule has 5 heteroatoms. The van der Waals surface area contributed by atoms with E-state index >= 15 is 0 Å². The number of hydrogen-bond donors (Lipinski definition) is 0. The fourth-order valence-corrected chi connectivity index (χ4v) is 2.51. The SMILES string of the molecule is COc1cc(C)cc(OC)c1C(=O)[P-]CC(C)C.[Li+]. The topological polar surface area (TPSA) is 35.5 Å². The van der Waals surface area contributed by atoms with Gasteiger partial charge in [-0.1, -0.05) is 19.8 Å². The smallest absolute Gasteiger partial charge is 0.496 e. The van der Waals surface area contributed by atoms with Crippen molar-refractivity contribution >= 4 is 14.1 Å². The van der Waals surface area contributed by atoms with Gasteiger partial charge in [-0.2, -0.15) is 6.16 Å². The van der Waals surface area contributed by atoms with Gasteiger partial charge in [-0.3, -0.25) is 0 Å². The number of ether oxygens (including phenoxy) is 2. The summed E-state index contributed by atoms with van der Waals surface area (Å²) in [6.45, 7) is 6.15. The minimum Gasteiger partial charge on any atom is -0.496 e. The molecule has 3 nitrogen and oxygen atoms in total. The van der Waals surface area contributed by atoms with E-state index in [1.165, 1.54) is 0 Å². The molecule has 0 saturated heterocycles. The van der Waals surface area contributed by atoms with Crippen LogP contribution >= 0.6 is 8.58 Å². The van der Waals surface area contributed by atoms with E-state index < -0.39 is 0 Å². The van der Waals surface area contributed by atoms with Crippen molar-refractivity contribution in [1.29, 1.82) is 0 Å². The molecule has 0 aromatic heterocycles. The second kappa shape index (κ2) is 8.64. The van der Waals surface area contributed by atoms with Crippen molar-refractivity contribution in [2.24, 2.45) is 5.92 Å². The van der Waals surface area contributed by atoms with E-state index in [1.807, 2.05) is 19.1 Å². The molecular weight excluding hydrogens is 254 g/mol. The van der Waals surface area contributed by atoms with Crippen LogP contribution in [0.3, 0.4) is 0 Å². The molecule has 100 valence electrons. The maximum absolute atomic E-state index is 12.2. The van der Waals surface area contributed by atoms with Crippen LogP contribution in [0.15, 0.2) is 12.1 Å². The molecule has 0 amide bonds. The molecule has 1 aromatic carbocycles. The minimum atomic E-state index is 0. The maximum atomic E-state index is 12.2. The summed E-state index contributed by atoms with van der Waals surface area (Å²) < 4.78 is 10.6. The van der Waals surface area contributed by atoms with E-state index in [-0.39, 0.29) is 24.4 Å². The molecule has 0 saturated carbocycles. The van der Waals surface area contributed by atoms with Crippen LogP contribution in [0.5, 0.6) is 11.5 Å². The second-order valence-corrected chi connectivity index (χ2v) is 5.67. The fourth-order valence-electron chi connectivity index (χ4n) is 1.60. The third kappa shape index (κ3) is 5.19. The number of hydrogen-bond acceptors (Lipinski definition) is 3. The van der Waals surface area contributed by atoms with Gasteiger partial charge >= 0.3 is 18.9 Å². The average Bonchev–Trinajstić information content (AvgIpc) is 2.34. The van der Waals surface area contributed by atoms with Crippen molar-refractivity contribution in [1.82, 2.24) is 0 Å². The molecule has 0 N–H and O–H groups in total. The molecule has 0 spiro atoms. The van der Waals surface area contributed by atoms with E-state index in [4.69, 9.17) is 9.47 Å². The molecule has 0 aliphatic heterocycles. The molecule has 1 aromatic rings. The Labute approximate surface area is 129 Å². The zero-order valence-corrected chi connectivity index (χ0v) is 13.5. The Morgan fingerprint density at radius 3 is 2.05 bits per heavy atom. The summed E-state index contributed by atoms with van der Waals surface area (Å²) in [5, 5.41) is 0. The Bertz CT molecular complexity index is 408. The second-order valence-electron chi connectivity index (χ2n) is 4.58. The van der Waals surface area contributed by atoms with E-state index in [2.05, 4.69) is 13.8 Å². The molecule has 1 rings (SSSR count). The van der Waals surface area contributed by atoms with Gasteiger partial charge in [-0.25, -0.2) is 0 Å². The van der Waals surface area contributed by atoms with Gasteiger partial charge < -0.3 is 22.8 Å². The van der Waals surface area contributed by atoms with E-state index in [1.54, 1.807) is 14.2 Å². The average molecular weight is 274 g/mol. The number of aryl methyl sites for hydroxylation is 1. The fraction of sp³-hybridized carbons (Fsp3) is 0.500. The monoisotopic (exact) mass is 274 g/mol. The normalized spacial score (nSPS) is 10.6. The van der Waals surface area contributed by atoms with E-state index in [0.717, 1.165) is 20.3 Å². The van der Waals surface area contributed by atoms with Gasteiger partial charge in [-0.15, -0.1) is 0 Å². The summed E-state index contributed by atoms with van der Waals surface area (Å²) >= 11 is 0. The first-order valence-electron chi connectivity index (χ1n) is 5.94. The summed E-state index contributed by atoms with van der Waals surface area (Å²) in [5.74, 6) is 1.68. The predicted octanol–water partition coefficient (Wildman–Crippen LogP) is 0.759. The third-order valence-electron chi connectivity index (χ3n) is 2.46. The zero-order chi connectivity index (χ0) is 13.7. The van der Waals surface area contributed by atoms with E-state index in [0.29, 0.717) is 23.0 Å². The van der Waals surface area contributed by atoms with Gasteiger partial charge in [0, 0.05) is 5.52 Å². The Kier molecular flexibility index (Phi) is 8.42. The summed E-state index contributed by atoms with van der Waals surface area (Å²) in [6, 6.07) is 3.72. The van der Waals surface area contributed by atoms with Crippen LogP contribution in [-0.4, -0.2) is 25.9 Å². The molecule has 0 bridgehead atoms. The van der Waals surface area contributed by atoms with Gasteiger partial charge in [0.1, 0.15) is 11.5 Å². The summed E-state index contributed by atoms with van der Waals surface area (Å²) in [7, 11) is 3.93. The molecule has 0 atom stereocenters. The summed E-state index contributed by atoms with van der Waals surface area (Å²) in [5.41, 5.74) is 1.62. The van der Waals surface area contributed by atoms with Crippen LogP contribution < -0.4 is 28.3 Å². The van der Waals surface area contributed by atoms with Crippen LogP contribution in [0.25, 0.3) is 0 Å². The Morgan fingerprint density at radius 1 is 1.21 bits per heavy atom. The van der Waals surface area contributed by atoms with Gasteiger partial charge in [0.05, 0.1) is 19.8 Å². The number of benzene rings is 1. The Hall–Kier alpha value is -0.483. The van der Waals surface area contributed by atoms with Crippen LogP contribution in [0.2, 0.25) is 0 Å². The predicted molar refractivity (Wildman–Crippen MR) is 75.2 cm³/mol. The van der Waals surface area contributed by atoms with Crippen LogP contribution in [0, 0.1) is 12.8 Å². The van der Waals surface area contributed by atoms with Crippen molar-refractivity contribution in [3.63, 3.8) is 0 Å². The molecule has 0 aliphatic rings. The molecular formula is C14H20LiO3P. The van der Waals surface area contributed by atoms with Crippen molar-refractivity contribution in [2.75, 3.05) is 20.4 Å². The van der Waals surface area contributed by atoms with Crippen LogP contribution in [0.1, 0.15) is 29.8 Å². The van der Waals surface area contributed by atoms with Gasteiger partial charge in [0.15, 0.2) is 0 Å². The Balaban J connectivity index is 0.00000324. The van der Waals surface area contributed by atoms with Crippen molar-refractivity contribution in [2.45, 2.75) is 20.8 Å². The van der Waals surface area contributed by atoms with Crippen LogP contribution in [0.4, 0.5) is 0 Å². The molecule has 19 heavy (non-hydrogen) atoms. The Morgan fingerprint density at radius 2 is 1.68 bits per heavy atom. The number of carbonyl (C=O) groups is 1. The minimum absolute atomic E-state index is 0. The standard InChI is InChI=1S/C14H20O3P.Li/c1-9(2)8-18-14(15)13-11(16-4)6-10(3)7-12(13)17-5;/h6-7,9H,8H2,1-5H3;/q-1;+1. The van der Waals surface area contributed by atoms with E-state index in [9.17, 15) is 4.79 Å². The zero-order valence-electron chi connectivity index (χ0n) is 12.6. The van der Waals surface area contributed by atoms with Crippen molar-refractivity contribution in [3.8, 4) is 11.5 Å². The molecule has 0 aliphatic carbocycles. The quantitative estimate of drug-likeness (QED) is 0.567. The van der Waals surface area contributed by atoms with Crippen molar-refractivity contribution < 1.29 is 33.1 Å². The first kappa shape index (κ1) is 18.5. The first-order chi connectivity index (χ1) is 8.49. The van der Waals surface area contributed by atoms with Crippen molar-refractivity contribution in [3.05, 3.63) is 23.3 Å². The van der Waals surface area contributed by atoms with Crippen LogP contribution in [-0.2, 0) is 0 Å². The third-order valence-corrected chi connectivity index (χ3v) is 3.89. The van der Waals surface area contributed by atoms with Gasteiger partial charge in [0.2, 0.25) is 0 Å². The number of carbonyl (C=O) groups excluding carboxylic acids is 1. The molecule has 0 unspecified atom stereocenters. The largest absolute Gasteiger partial charge is 1.00 e. The van der Waals surface area contributed by atoms with Gasteiger partial charge in [0.25, 0.3) is 0 Å². The molecule has 0 radical (unpaired) electrons. The maximum Gasteiger partial charge on any atom is 1.00 e. The number of methoxy groups -OCH3 is 2. The summed E-state index contributed by atoms with van der Waals surface area (Å²) in [4.78, 5) is 12.2. The van der Waals surface area contributed by atoms with Gasteiger partial charge in [-0.05, 0) is 24.6 Å².